The molecule has 0 bridgehead atoms. The summed E-state index contributed by atoms with van der Waals surface area (Å²) in [6.45, 7) is 0. The molecule has 2 aromatic heterocycles. The first-order valence-corrected chi connectivity index (χ1v) is 9.57. The number of aromatic nitrogens is 3. The molecule has 4 aromatic rings. The number of halogens is 1. The molecular formula is C16H11FN4O2S2. The van der Waals surface area contributed by atoms with E-state index in [0.717, 1.165) is 5.56 Å². The van der Waals surface area contributed by atoms with E-state index in [-0.39, 0.29) is 16.7 Å². The Labute approximate surface area is 146 Å². The fourth-order valence-corrected chi connectivity index (χ4v) is 4.11. The Morgan fingerprint density at radius 3 is 2.48 bits per heavy atom. The average molecular weight is 374 g/mol. The Morgan fingerprint density at radius 2 is 1.76 bits per heavy atom. The van der Waals surface area contributed by atoms with Gasteiger partial charge in [-0.05, 0) is 36.4 Å². The van der Waals surface area contributed by atoms with Gasteiger partial charge in [-0.15, -0.1) is 16.4 Å². The zero-order valence-electron chi connectivity index (χ0n) is 12.6. The number of benzene rings is 2. The number of rotatable bonds is 4. The topological polar surface area (TPSA) is 76.4 Å². The summed E-state index contributed by atoms with van der Waals surface area (Å²) in [6.07, 6.45) is 0. The highest BCUT2D eigenvalue weighted by molar-refractivity contribution is 7.92. The summed E-state index contributed by atoms with van der Waals surface area (Å²) in [7, 11) is -3.76. The van der Waals surface area contributed by atoms with Gasteiger partial charge in [-0.3, -0.25) is 0 Å². The standard InChI is InChI=1S/C16H11FN4O2S2/c17-12-8-6-11(7-9-12)14-10-24-16-18-15(19-21(14)16)20-25(22,23)13-4-2-1-3-5-13/h1-10H,(H,19,20). The van der Waals surface area contributed by atoms with Crippen LogP contribution in [-0.4, -0.2) is 23.0 Å². The number of hydrogen-bond acceptors (Lipinski definition) is 5. The van der Waals surface area contributed by atoms with E-state index in [9.17, 15) is 12.8 Å². The summed E-state index contributed by atoms with van der Waals surface area (Å²) < 4.78 is 41.7. The summed E-state index contributed by atoms with van der Waals surface area (Å²) in [4.78, 5) is 4.86. The molecule has 0 aliphatic carbocycles. The molecule has 25 heavy (non-hydrogen) atoms. The maximum atomic E-state index is 13.1. The van der Waals surface area contributed by atoms with Gasteiger partial charge in [-0.2, -0.15) is 4.98 Å². The molecule has 0 saturated heterocycles. The van der Waals surface area contributed by atoms with Gasteiger partial charge in [0.05, 0.1) is 10.6 Å². The predicted molar refractivity (Wildman–Crippen MR) is 93.5 cm³/mol. The minimum atomic E-state index is -3.76. The Hall–Kier alpha value is -2.78. The zero-order chi connectivity index (χ0) is 17.4. The first-order valence-electron chi connectivity index (χ1n) is 7.21. The van der Waals surface area contributed by atoms with Gasteiger partial charge in [-0.1, -0.05) is 18.2 Å². The van der Waals surface area contributed by atoms with Crippen LogP contribution in [0, 0.1) is 5.82 Å². The zero-order valence-corrected chi connectivity index (χ0v) is 14.3. The monoisotopic (exact) mass is 374 g/mol. The third kappa shape index (κ3) is 2.99. The molecule has 0 spiro atoms. The Morgan fingerprint density at radius 1 is 1.04 bits per heavy atom. The van der Waals surface area contributed by atoms with Crippen molar-refractivity contribution in [3.05, 3.63) is 65.8 Å². The van der Waals surface area contributed by atoms with E-state index >= 15 is 0 Å². The van der Waals surface area contributed by atoms with Crippen LogP contribution in [-0.2, 0) is 10.0 Å². The third-order valence-corrected chi connectivity index (χ3v) is 5.66. The molecular weight excluding hydrogens is 363 g/mol. The van der Waals surface area contributed by atoms with Gasteiger partial charge in [0.1, 0.15) is 5.82 Å². The van der Waals surface area contributed by atoms with E-state index in [1.165, 1.54) is 40.1 Å². The molecule has 9 heteroatoms. The summed E-state index contributed by atoms with van der Waals surface area (Å²) >= 11 is 1.32. The van der Waals surface area contributed by atoms with Crippen molar-refractivity contribution in [1.82, 2.24) is 14.6 Å². The highest BCUT2D eigenvalue weighted by atomic mass is 32.2. The van der Waals surface area contributed by atoms with Gasteiger partial charge in [0, 0.05) is 10.9 Å². The SMILES string of the molecule is O=S(=O)(Nc1nc2scc(-c3ccc(F)cc3)n2n1)c1ccccc1. The predicted octanol–water partition coefficient (Wildman–Crippen LogP) is 3.40. The van der Waals surface area contributed by atoms with E-state index in [2.05, 4.69) is 14.8 Å². The van der Waals surface area contributed by atoms with E-state index in [1.807, 2.05) is 5.38 Å². The molecule has 6 nitrogen and oxygen atoms in total. The van der Waals surface area contributed by atoms with Crippen molar-refractivity contribution in [3.63, 3.8) is 0 Å². The fraction of sp³-hybridized carbons (Fsp3) is 0. The van der Waals surface area contributed by atoms with Crippen LogP contribution in [0.25, 0.3) is 16.2 Å². The lowest BCUT2D eigenvalue weighted by Gasteiger charge is -2.03. The molecule has 2 aromatic carbocycles. The van der Waals surface area contributed by atoms with Crippen LogP contribution in [0.15, 0.2) is 64.9 Å². The maximum absolute atomic E-state index is 13.1. The Balaban J connectivity index is 1.70. The van der Waals surface area contributed by atoms with Crippen molar-refractivity contribution < 1.29 is 12.8 Å². The third-order valence-electron chi connectivity index (χ3n) is 3.50. The molecule has 126 valence electrons. The number of nitrogens with one attached hydrogen (secondary N) is 1. The lowest BCUT2D eigenvalue weighted by molar-refractivity contribution is 0.600. The van der Waals surface area contributed by atoms with Crippen molar-refractivity contribution >= 4 is 32.3 Å². The van der Waals surface area contributed by atoms with Crippen LogP contribution in [0.2, 0.25) is 0 Å². The molecule has 0 saturated carbocycles. The minimum absolute atomic E-state index is 0.0148. The normalized spacial score (nSPS) is 11.7. The van der Waals surface area contributed by atoms with Crippen molar-refractivity contribution in [1.29, 1.82) is 0 Å². The Kier molecular flexibility index (Phi) is 3.74. The van der Waals surface area contributed by atoms with Gasteiger partial charge in [0.15, 0.2) is 0 Å². The number of sulfonamides is 1. The molecule has 0 fully saturated rings. The van der Waals surface area contributed by atoms with E-state index in [0.29, 0.717) is 10.7 Å². The second-order valence-corrected chi connectivity index (χ2v) is 7.70. The molecule has 0 aliphatic rings. The van der Waals surface area contributed by atoms with Gasteiger partial charge < -0.3 is 0 Å². The highest BCUT2D eigenvalue weighted by Gasteiger charge is 2.18. The van der Waals surface area contributed by atoms with Crippen LogP contribution in [0.4, 0.5) is 10.3 Å². The average Bonchev–Trinajstić information content (AvgIpc) is 3.16. The van der Waals surface area contributed by atoms with Crippen molar-refractivity contribution in [2.75, 3.05) is 4.72 Å². The lowest BCUT2D eigenvalue weighted by Crippen LogP contribution is -2.14. The number of fused-ring (bicyclic) bond motifs is 1. The molecule has 0 radical (unpaired) electrons. The van der Waals surface area contributed by atoms with Gasteiger partial charge in [0.2, 0.25) is 4.96 Å². The number of thiazole rings is 1. The summed E-state index contributed by atoms with van der Waals surface area (Å²) in [5.41, 5.74) is 1.47. The molecule has 1 N–H and O–H groups in total. The quantitative estimate of drug-likeness (QED) is 0.594. The number of anilines is 1. The number of hydrogen-bond donors (Lipinski definition) is 1. The maximum Gasteiger partial charge on any atom is 0.264 e. The summed E-state index contributed by atoms with van der Waals surface area (Å²) in [6, 6.07) is 14.0. The van der Waals surface area contributed by atoms with E-state index in [4.69, 9.17) is 0 Å². The molecule has 4 rings (SSSR count). The fourth-order valence-electron chi connectivity index (χ4n) is 2.32. The van der Waals surface area contributed by atoms with Crippen molar-refractivity contribution in [3.8, 4) is 11.3 Å². The van der Waals surface area contributed by atoms with Crippen LogP contribution in [0.1, 0.15) is 0 Å². The van der Waals surface area contributed by atoms with Crippen LogP contribution >= 0.6 is 11.3 Å². The van der Waals surface area contributed by atoms with Gasteiger partial charge in [0.25, 0.3) is 16.0 Å². The van der Waals surface area contributed by atoms with Gasteiger partial charge in [-0.25, -0.2) is 22.0 Å². The van der Waals surface area contributed by atoms with Crippen molar-refractivity contribution in [2.24, 2.45) is 0 Å². The van der Waals surface area contributed by atoms with Crippen LogP contribution < -0.4 is 4.72 Å². The molecule has 0 atom stereocenters. The molecule has 2 heterocycles. The summed E-state index contributed by atoms with van der Waals surface area (Å²) in [5, 5.41) is 6.05. The largest absolute Gasteiger partial charge is 0.264 e. The van der Waals surface area contributed by atoms with Crippen LogP contribution in [0.5, 0.6) is 0 Å². The van der Waals surface area contributed by atoms with E-state index in [1.54, 1.807) is 30.3 Å². The second-order valence-electron chi connectivity index (χ2n) is 5.18. The smallest absolute Gasteiger partial charge is 0.246 e. The Bertz CT molecular complexity index is 1140. The van der Waals surface area contributed by atoms with Gasteiger partial charge >= 0.3 is 0 Å². The molecule has 0 unspecified atom stereocenters. The summed E-state index contributed by atoms with van der Waals surface area (Å²) in [5.74, 6) is -0.343. The molecule has 0 amide bonds. The van der Waals surface area contributed by atoms with Crippen molar-refractivity contribution in [2.45, 2.75) is 4.90 Å². The lowest BCUT2D eigenvalue weighted by atomic mass is 10.2. The number of nitrogens with zero attached hydrogens (tertiary/aromatic N) is 3. The first-order chi connectivity index (χ1) is 12.0. The highest BCUT2D eigenvalue weighted by Crippen LogP contribution is 2.26. The second kappa shape index (κ2) is 5.94. The van der Waals surface area contributed by atoms with Crippen LogP contribution in [0.3, 0.4) is 0 Å². The molecule has 0 aliphatic heterocycles. The first kappa shape index (κ1) is 15.7. The minimum Gasteiger partial charge on any atom is -0.246 e. The van der Waals surface area contributed by atoms with E-state index < -0.39 is 10.0 Å².